The van der Waals surface area contributed by atoms with Crippen LogP contribution < -0.4 is 5.32 Å². The number of thiophene rings is 1. The molecule has 0 saturated heterocycles. The fraction of sp³-hybridized carbons (Fsp3) is 0. The first-order valence-electron chi connectivity index (χ1n) is 5.73. The third-order valence-corrected chi connectivity index (χ3v) is 4.26. The van der Waals surface area contributed by atoms with Gasteiger partial charge in [-0.1, -0.05) is 29.3 Å². The molecule has 0 fully saturated rings. The van der Waals surface area contributed by atoms with E-state index < -0.39 is 5.97 Å². The van der Waals surface area contributed by atoms with Gasteiger partial charge in [0, 0.05) is 6.08 Å². The number of rotatable bonds is 4. The van der Waals surface area contributed by atoms with Crippen LogP contribution in [0, 0.1) is 0 Å². The maximum absolute atomic E-state index is 12.2. The quantitative estimate of drug-likeness (QED) is 0.809. The highest BCUT2D eigenvalue weighted by atomic mass is 35.5. The standard InChI is InChI=1S/C14H9Cl2NO3S/c15-9-2-1-3-10(12(9)16)17-14(20)13-8(6-7-21-13)4-5-11(18)19/h1-7H,(H,17,20)(H,18,19). The Kier molecular flexibility index (Phi) is 5.01. The summed E-state index contributed by atoms with van der Waals surface area (Å²) in [5.41, 5.74) is 0.925. The molecule has 0 unspecified atom stereocenters. The molecule has 4 nitrogen and oxygen atoms in total. The molecule has 108 valence electrons. The molecule has 21 heavy (non-hydrogen) atoms. The number of amides is 1. The number of nitrogens with one attached hydrogen (secondary N) is 1. The van der Waals surface area contributed by atoms with Crippen molar-refractivity contribution in [2.75, 3.05) is 5.32 Å². The zero-order valence-electron chi connectivity index (χ0n) is 10.5. The van der Waals surface area contributed by atoms with Crippen LogP contribution >= 0.6 is 34.5 Å². The number of hydrogen-bond acceptors (Lipinski definition) is 3. The van der Waals surface area contributed by atoms with Crippen molar-refractivity contribution in [3.05, 3.63) is 56.2 Å². The number of carboxylic acids is 1. The third-order valence-electron chi connectivity index (χ3n) is 2.51. The van der Waals surface area contributed by atoms with Crippen LogP contribution in [0.1, 0.15) is 15.2 Å². The van der Waals surface area contributed by atoms with Crippen LogP contribution in [0.25, 0.3) is 6.08 Å². The first-order chi connectivity index (χ1) is 9.99. The lowest BCUT2D eigenvalue weighted by molar-refractivity contribution is -0.131. The van der Waals surface area contributed by atoms with Crippen LogP contribution in [0.4, 0.5) is 5.69 Å². The summed E-state index contributed by atoms with van der Waals surface area (Å²) >= 11 is 13.1. The Labute approximate surface area is 134 Å². The number of benzene rings is 1. The first kappa shape index (κ1) is 15.6. The van der Waals surface area contributed by atoms with Gasteiger partial charge >= 0.3 is 5.97 Å². The predicted octanol–water partition coefficient (Wildman–Crippen LogP) is 4.41. The summed E-state index contributed by atoms with van der Waals surface area (Å²) < 4.78 is 0. The topological polar surface area (TPSA) is 66.4 Å². The summed E-state index contributed by atoms with van der Waals surface area (Å²) in [6.07, 6.45) is 2.35. The molecule has 0 spiro atoms. The Balaban J connectivity index is 2.23. The van der Waals surface area contributed by atoms with Gasteiger partial charge in [0.25, 0.3) is 5.91 Å². The second kappa shape index (κ2) is 6.76. The van der Waals surface area contributed by atoms with E-state index in [4.69, 9.17) is 28.3 Å². The predicted molar refractivity (Wildman–Crippen MR) is 85.4 cm³/mol. The van der Waals surface area contributed by atoms with E-state index in [0.29, 0.717) is 21.2 Å². The molecule has 1 aromatic carbocycles. The van der Waals surface area contributed by atoms with Crippen LogP contribution in [0.2, 0.25) is 10.0 Å². The van der Waals surface area contributed by atoms with Crippen molar-refractivity contribution >= 4 is 58.2 Å². The maximum atomic E-state index is 12.2. The molecule has 2 aromatic rings. The van der Waals surface area contributed by atoms with Crippen LogP contribution in [0.3, 0.4) is 0 Å². The van der Waals surface area contributed by atoms with Crippen molar-refractivity contribution in [1.82, 2.24) is 0 Å². The average Bonchev–Trinajstić information content (AvgIpc) is 2.90. The number of aliphatic carboxylic acids is 1. The second-order valence-corrected chi connectivity index (χ2v) is 5.63. The van der Waals surface area contributed by atoms with Crippen molar-refractivity contribution in [1.29, 1.82) is 0 Å². The molecule has 7 heteroatoms. The van der Waals surface area contributed by atoms with Crippen molar-refractivity contribution in [2.45, 2.75) is 0 Å². The zero-order valence-corrected chi connectivity index (χ0v) is 12.8. The van der Waals surface area contributed by atoms with E-state index >= 15 is 0 Å². The largest absolute Gasteiger partial charge is 0.478 e. The molecule has 1 aromatic heterocycles. The summed E-state index contributed by atoms with van der Waals surface area (Å²) in [6, 6.07) is 6.58. The molecular formula is C14H9Cl2NO3S. The molecule has 2 N–H and O–H groups in total. The Bertz CT molecular complexity index is 725. The lowest BCUT2D eigenvalue weighted by atomic mass is 10.2. The highest BCUT2D eigenvalue weighted by Crippen LogP contribution is 2.30. The van der Waals surface area contributed by atoms with E-state index in [2.05, 4.69) is 5.32 Å². The van der Waals surface area contributed by atoms with Gasteiger partial charge in [-0.15, -0.1) is 11.3 Å². The van der Waals surface area contributed by atoms with Gasteiger partial charge in [0.15, 0.2) is 0 Å². The normalized spacial score (nSPS) is 10.8. The van der Waals surface area contributed by atoms with E-state index in [1.807, 2.05) is 0 Å². The van der Waals surface area contributed by atoms with Crippen molar-refractivity contribution in [3.8, 4) is 0 Å². The van der Waals surface area contributed by atoms with Gasteiger partial charge in [0.05, 0.1) is 20.6 Å². The highest BCUT2D eigenvalue weighted by Gasteiger charge is 2.14. The number of halogens is 2. The smallest absolute Gasteiger partial charge is 0.328 e. The average molecular weight is 342 g/mol. The second-order valence-electron chi connectivity index (χ2n) is 3.93. The van der Waals surface area contributed by atoms with Gasteiger partial charge in [0.1, 0.15) is 0 Å². The van der Waals surface area contributed by atoms with Crippen LogP contribution in [0.15, 0.2) is 35.7 Å². The van der Waals surface area contributed by atoms with Crippen LogP contribution in [0.5, 0.6) is 0 Å². The summed E-state index contributed by atoms with van der Waals surface area (Å²) in [7, 11) is 0. The van der Waals surface area contributed by atoms with Gasteiger partial charge in [-0.2, -0.15) is 0 Å². The van der Waals surface area contributed by atoms with E-state index in [-0.39, 0.29) is 10.9 Å². The Morgan fingerprint density at radius 2 is 2.00 bits per heavy atom. The minimum absolute atomic E-state index is 0.256. The van der Waals surface area contributed by atoms with E-state index in [1.165, 1.54) is 17.4 Å². The summed E-state index contributed by atoms with van der Waals surface area (Å²) in [6.45, 7) is 0. The monoisotopic (exact) mass is 341 g/mol. The molecule has 1 heterocycles. The van der Waals surface area contributed by atoms with Crippen molar-refractivity contribution in [3.63, 3.8) is 0 Å². The van der Waals surface area contributed by atoms with E-state index in [9.17, 15) is 9.59 Å². The zero-order chi connectivity index (χ0) is 15.4. The fourth-order valence-electron chi connectivity index (χ4n) is 1.58. The molecule has 0 aliphatic carbocycles. The molecule has 0 saturated carbocycles. The number of carboxylic acid groups (broad SMARTS) is 1. The SMILES string of the molecule is O=C(O)C=Cc1ccsc1C(=O)Nc1cccc(Cl)c1Cl. The molecule has 0 atom stereocenters. The van der Waals surface area contributed by atoms with Gasteiger partial charge in [-0.05, 0) is 35.2 Å². The lowest BCUT2D eigenvalue weighted by Gasteiger charge is -2.07. The van der Waals surface area contributed by atoms with Gasteiger partial charge in [-0.3, -0.25) is 4.79 Å². The van der Waals surface area contributed by atoms with Crippen LogP contribution in [-0.4, -0.2) is 17.0 Å². The molecule has 0 bridgehead atoms. The Hall–Kier alpha value is -1.82. The number of carbonyl (C=O) groups excluding carboxylic acids is 1. The molecular weight excluding hydrogens is 333 g/mol. The molecule has 0 aliphatic heterocycles. The maximum Gasteiger partial charge on any atom is 0.328 e. The fourth-order valence-corrected chi connectivity index (χ4v) is 2.70. The molecule has 0 radical (unpaired) electrons. The number of anilines is 1. The number of carbonyl (C=O) groups is 2. The highest BCUT2D eigenvalue weighted by molar-refractivity contribution is 7.12. The summed E-state index contributed by atoms with van der Waals surface area (Å²) in [5, 5.41) is 13.6. The minimum Gasteiger partial charge on any atom is -0.478 e. The molecule has 1 amide bonds. The Morgan fingerprint density at radius 3 is 2.71 bits per heavy atom. The molecule has 2 rings (SSSR count). The first-order valence-corrected chi connectivity index (χ1v) is 7.36. The third kappa shape index (κ3) is 3.85. The van der Waals surface area contributed by atoms with Crippen LogP contribution in [-0.2, 0) is 4.79 Å². The summed E-state index contributed by atoms with van der Waals surface area (Å²) in [4.78, 5) is 23.1. The summed E-state index contributed by atoms with van der Waals surface area (Å²) in [5.74, 6) is -1.45. The van der Waals surface area contributed by atoms with Crippen molar-refractivity contribution in [2.24, 2.45) is 0 Å². The Morgan fingerprint density at radius 1 is 1.24 bits per heavy atom. The lowest BCUT2D eigenvalue weighted by Crippen LogP contribution is -2.11. The number of hydrogen-bond donors (Lipinski definition) is 2. The van der Waals surface area contributed by atoms with Gasteiger partial charge in [0.2, 0.25) is 0 Å². The van der Waals surface area contributed by atoms with E-state index in [0.717, 1.165) is 6.08 Å². The van der Waals surface area contributed by atoms with Gasteiger partial charge < -0.3 is 10.4 Å². The molecule has 0 aliphatic rings. The van der Waals surface area contributed by atoms with E-state index in [1.54, 1.807) is 29.6 Å². The van der Waals surface area contributed by atoms with Gasteiger partial charge in [-0.25, -0.2) is 4.79 Å². The van der Waals surface area contributed by atoms with Crippen molar-refractivity contribution < 1.29 is 14.7 Å². The minimum atomic E-state index is -1.08.